The third-order valence-electron chi connectivity index (χ3n) is 3.22. The van der Waals surface area contributed by atoms with E-state index in [2.05, 4.69) is 38.5 Å². The molecular formula is C15H33N2O4+. The minimum atomic E-state index is -0.833. The summed E-state index contributed by atoms with van der Waals surface area (Å²) >= 11 is 0. The number of aliphatic carboxylic acids is 1. The molecule has 5 N–H and O–H groups in total. The molecule has 126 valence electrons. The van der Waals surface area contributed by atoms with Gasteiger partial charge in [-0.3, -0.25) is 9.63 Å². The average Bonchev–Trinajstić information content (AvgIpc) is 2.08. The maximum atomic E-state index is 9.78. The number of hydrogen-bond donors (Lipinski definition) is 3. The molecule has 6 nitrogen and oxygen atoms in total. The van der Waals surface area contributed by atoms with Crippen molar-refractivity contribution in [2.24, 2.45) is 0 Å². The Balaban J connectivity index is 0.000000885. The number of hydroxylamine groups is 2. The summed E-state index contributed by atoms with van der Waals surface area (Å²) in [5, 5.41) is 19.2. The van der Waals surface area contributed by atoms with Crippen molar-refractivity contribution in [3.63, 3.8) is 0 Å². The molecule has 1 heterocycles. The fourth-order valence-corrected chi connectivity index (χ4v) is 3.04. The molecule has 0 aromatic heterocycles. The smallest absolute Gasteiger partial charge is 0.300 e. The van der Waals surface area contributed by atoms with E-state index >= 15 is 0 Å². The zero-order valence-electron chi connectivity index (χ0n) is 14.6. The second-order valence-corrected chi connectivity index (χ2v) is 7.80. The molecule has 0 amide bonds. The van der Waals surface area contributed by atoms with Crippen molar-refractivity contribution in [3.8, 4) is 0 Å². The fraction of sp³-hybridized carbons (Fsp3) is 0.933. The van der Waals surface area contributed by atoms with E-state index in [1.807, 2.05) is 0 Å². The Labute approximate surface area is 128 Å². The highest BCUT2D eigenvalue weighted by Gasteiger charge is 2.47. The number of hydrogen-bond acceptors (Lipinski definition) is 4. The third-order valence-corrected chi connectivity index (χ3v) is 3.22. The monoisotopic (exact) mass is 305 g/mol. The summed E-state index contributed by atoms with van der Waals surface area (Å²) in [5.41, 5.74) is 3.32. The van der Waals surface area contributed by atoms with Crippen LogP contribution in [0.25, 0.3) is 0 Å². The number of piperidine rings is 1. The van der Waals surface area contributed by atoms with Crippen LogP contribution in [0.15, 0.2) is 0 Å². The molecule has 1 aliphatic heterocycles. The highest BCUT2D eigenvalue weighted by molar-refractivity contribution is 5.62. The molecule has 1 rings (SSSR count). The molecule has 0 aromatic carbocycles. The zero-order chi connectivity index (χ0) is 17.1. The first-order valence-corrected chi connectivity index (χ1v) is 7.36. The summed E-state index contributed by atoms with van der Waals surface area (Å²) in [5.74, 6) is -0.833. The second kappa shape index (κ2) is 7.05. The Morgan fingerprint density at radius 2 is 1.62 bits per heavy atom. The van der Waals surface area contributed by atoms with Crippen molar-refractivity contribution in [2.45, 2.75) is 84.0 Å². The second-order valence-electron chi connectivity index (χ2n) is 7.80. The van der Waals surface area contributed by atoms with Crippen molar-refractivity contribution >= 4 is 5.97 Å². The van der Waals surface area contributed by atoms with E-state index in [9.17, 15) is 5.11 Å². The van der Waals surface area contributed by atoms with Gasteiger partial charge in [-0.05, 0) is 41.5 Å². The van der Waals surface area contributed by atoms with Gasteiger partial charge < -0.3 is 15.9 Å². The SMILES string of the molecule is CC(=O)O.CC(C)(O)CON1C(C)(C)CC([NH3+])CC1(C)C. The van der Waals surface area contributed by atoms with Crippen molar-refractivity contribution in [2.75, 3.05) is 6.61 Å². The highest BCUT2D eigenvalue weighted by Crippen LogP contribution is 2.37. The van der Waals surface area contributed by atoms with Crippen LogP contribution in [0.5, 0.6) is 0 Å². The van der Waals surface area contributed by atoms with E-state index in [-0.39, 0.29) is 11.1 Å². The van der Waals surface area contributed by atoms with Gasteiger partial charge in [-0.1, -0.05) is 0 Å². The Morgan fingerprint density at radius 3 is 1.90 bits per heavy atom. The quantitative estimate of drug-likeness (QED) is 0.724. The summed E-state index contributed by atoms with van der Waals surface area (Å²) in [6, 6.07) is 0.460. The molecule has 1 aliphatic rings. The van der Waals surface area contributed by atoms with E-state index < -0.39 is 11.6 Å². The molecule has 1 saturated heterocycles. The average molecular weight is 305 g/mol. The molecule has 0 atom stereocenters. The molecule has 6 heteroatoms. The van der Waals surface area contributed by atoms with Gasteiger partial charge in [0.1, 0.15) is 0 Å². The number of nitrogens with zero attached hydrogens (tertiary/aromatic N) is 1. The van der Waals surface area contributed by atoms with E-state index in [1.54, 1.807) is 13.8 Å². The Hall–Kier alpha value is -0.690. The van der Waals surface area contributed by atoms with Crippen LogP contribution < -0.4 is 5.73 Å². The maximum Gasteiger partial charge on any atom is 0.300 e. The minimum Gasteiger partial charge on any atom is -0.481 e. The van der Waals surface area contributed by atoms with Crippen LogP contribution in [-0.2, 0) is 9.63 Å². The van der Waals surface area contributed by atoms with Gasteiger partial charge in [-0.15, -0.1) is 0 Å². The number of aliphatic hydroxyl groups is 1. The van der Waals surface area contributed by atoms with Crippen molar-refractivity contribution in [1.82, 2.24) is 5.06 Å². The first kappa shape index (κ1) is 20.3. The lowest BCUT2D eigenvalue weighted by Gasteiger charge is -2.52. The van der Waals surface area contributed by atoms with E-state index in [4.69, 9.17) is 14.7 Å². The van der Waals surface area contributed by atoms with Gasteiger partial charge in [-0.2, -0.15) is 5.06 Å². The summed E-state index contributed by atoms with van der Waals surface area (Å²) in [6.07, 6.45) is 2.03. The predicted octanol–water partition coefficient (Wildman–Crippen LogP) is 1.04. The highest BCUT2D eigenvalue weighted by atomic mass is 16.7. The lowest BCUT2D eigenvalue weighted by molar-refractivity contribution is -0.452. The standard InChI is InChI=1S/C13H28N2O2.C2H4O2/c1-11(2)7-10(14)8-12(3,4)15(11)17-9-13(5,6)16;1-2(3)4/h10,16H,7-9,14H2,1-6H3;1H3,(H,3,4)/p+1. The van der Waals surface area contributed by atoms with Gasteiger partial charge in [0.15, 0.2) is 0 Å². The van der Waals surface area contributed by atoms with Crippen molar-refractivity contribution in [3.05, 3.63) is 0 Å². The maximum absolute atomic E-state index is 9.78. The van der Waals surface area contributed by atoms with Gasteiger partial charge >= 0.3 is 0 Å². The van der Waals surface area contributed by atoms with Crippen LogP contribution >= 0.6 is 0 Å². The molecule has 0 aromatic rings. The minimum absolute atomic E-state index is 0.0422. The number of carbonyl (C=O) groups is 1. The Bertz CT molecular complexity index is 326. The first-order chi connectivity index (χ1) is 9.17. The molecule has 21 heavy (non-hydrogen) atoms. The van der Waals surface area contributed by atoms with Gasteiger partial charge in [0, 0.05) is 30.8 Å². The third kappa shape index (κ3) is 7.76. The number of carboxylic acid groups (broad SMARTS) is 1. The van der Waals surface area contributed by atoms with Crippen molar-refractivity contribution < 1.29 is 25.6 Å². The van der Waals surface area contributed by atoms with Crippen LogP contribution in [-0.4, -0.2) is 50.6 Å². The van der Waals surface area contributed by atoms with E-state index in [0.717, 1.165) is 19.8 Å². The molecule has 1 fully saturated rings. The van der Waals surface area contributed by atoms with Gasteiger partial charge in [0.2, 0.25) is 0 Å². The summed E-state index contributed by atoms with van der Waals surface area (Å²) in [6.45, 7) is 13.6. The summed E-state index contributed by atoms with van der Waals surface area (Å²) < 4.78 is 0. The molecular weight excluding hydrogens is 272 g/mol. The van der Waals surface area contributed by atoms with E-state index in [1.165, 1.54) is 0 Å². The number of quaternary nitrogens is 1. The lowest BCUT2D eigenvalue weighted by atomic mass is 9.79. The topological polar surface area (TPSA) is 97.6 Å². The summed E-state index contributed by atoms with van der Waals surface area (Å²) in [4.78, 5) is 14.9. The molecule has 0 radical (unpaired) electrons. The fourth-order valence-electron chi connectivity index (χ4n) is 3.04. The molecule has 0 aliphatic carbocycles. The van der Waals surface area contributed by atoms with Gasteiger partial charge in [-0.25, -0.2) is 0 Å². The molecule has 0 bridgehead atoms. The van der Waals surface area contributed by atoms with Crippen LogP contribution in [0, 0.1) is 0 Å². The van der Waals surface area contributed by atoms with Crippen LogP contribution in [0.4, 0.5) is 0 Å². The normalized spacial score (nSPS) is 22.3. The lowest BCUT2D eigenvalue weighted by Crippen LogP contribution is -2.73. The molecule has 0 spiro atoms. The Morgan fingerprint density at radius 1 is 1.29 bits per heavy atom. The number of carboxylic acids is 1. The van der Waals surface area contributed by atoms with Crippen LogP contribution in [0.3, 0.4) is 0 Å². The predicted molar refractivity (Wildman–Crippen MR) is 81.5 cm³/mol. The Kier molecular flexibility index (Phi) is 6.82. The van der Waals surface area contributed by atoms with E-state index in [0.29, 0.717) is 12.6 Å². The van der Waals surface area contributed by atoms with Crippen LogP contribution in [0.1, 0.15) is 61.3 Å². The first-order valence-electron chi connectivity index (χ1n) is 7.36. The van der Waals surface area contributed by atoms with Gasteiger partial charge in [0.25, 0.3) is 5.97 Å². The van der Waals surface area contributed by atoms with Crippen LogP contribution in [0.2, 0.25) is 0 Å². The van der Waals surface area contributed by atoms with Gasteiger partial charge in [0.05, 0.1) is 18.2 Å². The molecule has 0 saturated carbocycles. The zero-order valence-corrected chi connectivity index (χ0v) is 14.6. The largest absolute Gasteiger partial charge is 0.481 e. The summed E-state index contributed by atoms with van der Waals surface area (Å²) in [7, 11) is 0. The molecule has 0 unspecified atom stereocenters. The number of rotatable bonds is 3. The van der Waals surface area contributed by atoms with Crippen molar-refractivity contribution in [1.29, 1.82) is 0 Å².